The molecule has 20 heavy (non-hydrogen) atoms. The maximum Gasteiger partial charge on any atom is 0.417 e. The Morgan fingerprint density at radius 3 is 2.25 bits per heavy atom. The molecule has 0 atom stereocenters. The van der Waals surface area contributed by atoms with Gasteiger partial charge in [-0.1, -0.05) is 0 Å². The highest BCUT2D eigenvalue weighted by molar-refractivity contribution is 7.90. The molecule has 0 spiro atoms. The molecule has 4 nitrogen and oxygen atoms in total. The van der Waals surface area contributed by atoms with E-state index in [-0.39, 0.29) is 11.6 Å². The van der Waals surface area contributed by atoms with Crippen LogP contribution in [0.1, 0.15) is 25.8 Å². The Morgan fingerprint density at radius 1 is 1.25 bits per heavy atom. The molecule has 1 heterocycles. The van der Waals surface area contributed by atoms with Crippen LogP contribution in [0, 0.1) is 0 Å². The fourth-order valence-corrected chi connectivity index (χ4v) is 2.37. The normalized spacial score (nSPS) is 13.3. The molecular formula is C12H17F3N2O2S. The molecule has 1 aromatic heterocycles. The quantitative estimate of drug-likeness (QED) is 0.908. The van der Waals surface area contributed by atoms with Gasteiger partial charge in [0.2, 0.25) is 0 Å². The minimum Gasteiger partial charge on any atom is -0.365 e. The van der Waals surface area contributed by atoms with Crippen molar-refractivity contribution in [1.29, 1.82) is 0 Å². The van der Waals surface area contributed by atoms with Gasteiger partial charge in [0.1, 0.15) is 15.7 Å². The Kier molecular flexibility index (Phi) is 4.68. The Labute approximate surface area is 116 Å². The number of anilines is 1. The average molecular weight is 310 g/mol. The predicted octanol–water partition coefficient (Wildman–Crippen LogP) is 2.73. The van der Waals surface area contributed by atoms with E-state index >= 15 is 0 Å². The van der Waals surface area contributed by atoms with Crippen LogP contribution in [-0.2, 0) is 16.0 Å². The van der Waals surface area contributed by atoms with Crippen LogP contribution in [-0.4, -0.2) is 30.9 Å². The second-order valence-corrected chi connectivity index (χ2v) is 7.58. The van der Waals surface area contributed by atoms with Crippen LogP contribution < -0.4 is 5.32 Å². The number of nitrogens with one attached hydrogen (secondary N) is 1. The molecule has 0 unspecified atom stereocenters. The third kappa shape index (κ3) is 5.77. The van der Waals surface area contributed by atoms with Gasteiger partial charge in [0.25, 0.3) is 0 Å². The molecule has 0 fully saturated rings. The summed E-state index contributed by atoms with van der Waals surface area (Å²) < 4.78 is 59.4. The van der Waals surface area contributed by atoms with Crippen molar-refractivity contribution in [3.8, 4) is 0 Å². The maximum absolute atomic E-state index is 12.4. The van der Waals surface area contributed by atoms with Gasteiger partial charge in [-0.25, -0.2) is 13.4 Å². The number of alkyl halides is 3. The molecule has 0 bridgehead atoms. The molecule has 0 aliphatic heterocycles. The first-order valence-corrected chi connectivity index (χ1v) is 7.94. The summed E-state index contributed by atoms with van der Waals surface area (Å²) in [6.07, 6.45) is -2.21. The van der Waals surface area contributed by atoms with Crippen LogP contribution in [0.15, 0.2) is 18.3 Å². The summed E-state index contributed by atoms with van der Waals surface area (Å²) in [5.41, 5.74) is -1.41. The number of pyridine rings is 1. The lowest BCUT2D eigenvalue weighted by molar-refractivity contribution is -0.137. The fourth-order valence-electron chi connectivity index (χ4n) is 1.49. The van der Waals surface area contributed by atoms with Gasteiger partial charge in [0, 0.05) is 18.0 Å². The number of rotatable bonds is 5. The molecular weight excluding hydrogens is 293 g/mol. The largest absolute Gasteiger partial charge is 0.417 e. The van der Waals surface area contributed by atoms with Crippen LogP contribution >= 0.6 is 0 Å². The minimum absolute atomic E-state index is 0.00631. The monoisotopic (exact) mass is 310 g/mol. The molecule has 0 saturated carbocycles. The Hall–Kier alpha value is -1.31. The van der Waals surface area contributed by atoms with Crippen molar-refractivity contribution in [2.45, 2.75) is 32.0 Å². The Bertz CT molecular complexity index is 551. The molecule has 114 valence electrons. The molecule has 8 heteroatoms. The number of sulfone groups is 1. The Morgan fingerprint density at radius 2 is 1.85 bits per heavy atom. The van der Waals surface area contributed by atoms with Crippen molar-refractivity contribution < 1.29 is 21.6 Å². The number of hydrogen-bond acceptors (Lipinski definition) is 4. The number of halogens is 3. The second kappa shape index (κ2) is 5.59. The zero-order valence-corrected chi connectivity index (χ0v) is 12.3. The predicted molar refractivity (Wildman–Crippen MR) is 71.3 cm³/mol. The molecule has 1 aromatic rings. The van der Waals surface area contributed by atoms with E-state index in [2.05, 4.69) is 10.3 Å². The van der Waals surface area contributed by atoms with Crippen LogP contribution in [0.3, 0.4) is 0 Å². The summed E-state index contributed by atoms with van der Waals surface area (Å²) in [5, 5.41) is 2.93. The zero-order chi connectivity index (χ0) is 15.6. The third-order valence-electron chi connectivity index (χ3n) is 2.66. The summed E-state index contributed by atoms with van der Waals surface area (Å²) >= 11 is 0. The van der Waals surface area contributed by atoms with Crippen molar-refractivity contribution >= 4 is 15.7 Å². The first kappa shape index (κ1) is 16.7. The van der Waals surface area contributed by atoms with E-state index in [1.165, 1.54) is 6.07 Å². The van der Waals surface area contributed by atoms with Gasteiger partial charge < -0.3 is 5.32 Å². The molecule has 0 aliphatic carbocycles. The highest BCUT2D eigenvalue weighted by Gasteiger charge is 2.31. The van der Waals surface area contributed by atoms with E-state index in [1.807, 2.05) is 0 Å². The minimum atomic E-state index is -4.42. The number of aromatic nitrogens is 1. The molecule has 1 rings (SSSR count). The molecule has 0 aliphatic rings. The molecule has 0 aromatic carbocycles. The van der Waals surface area contributed by atoms with E-state index in [0.29, 0.717) is 6.42 Å². The Balaban J connectivity index is 2.73. The van der Waals surface area contributed by atoms with E-state index in [0.717, 1.165) is 18.5 Å². The first-order chi connectivity index (χ1) is 8.89. The van der Waals surface area contributed by atoms with Crippen molar-refractivity contribution in [2.75, 3.05) is 17.3 Å². The number of nitrogens with zero attached hydrogens (tertiary/aromatic N) is 1. The summed E-state index contributed by atoms with van der Waals surface area (Å²) in [6.45, 7) is 3.52. The molecule has 0 radical (unpaired) electrons. The summed E-state index contributed by atoms with van der Waals surface area (Å²) in [6, 6.07) is 2.16. The number of hydrogen-bond donors (Lipinski definition) is 1. The highest BCUT2D eigenvalue weighted by Crippen LogP contribution is 2.29. The third-order valence-corrected chi connectivity index (χ3v) is 3.60. The second-order valence-electron chi connectivity index (χ2n) is 5.32. The van der Waals surface area contributed by atoms with Gasteiger partial charge in [0.15, 0.2) is 0 Å². The van der Waals surface area contributed by atoms with Gasteiger partial charge in [-0.15, -0.1) is 0 Å². The van der Waals surface area contributed by atoms with Gasteiger partial charge >= 0.3 is 6.18 Å². The standard InChI is InChI=1S/C12H17F3N2O2S/c1-11(2,6-7-20(3,18)19)17-10-5-4-9(8-16-10)12(13,14)15/h4-5,8H,6-7H2,1-3H3,(H,16,17). The van der Waals surface area contributed by atoms with Crippen LogP contribution in [0.25, 0.3) is 0 Å². The van der Waals surface area contributed by atoms with E-state index in [1.54, 1.807) is 13.8 Å². The van der Waals surface area contributed by atoms with Crippen LogP contribution in [0.2, 0.25) is 0 Å². The van der Waals surface area contributed by atoms with Crippen molar-refractivity contribution in [3.63, 3.8) is 0 Å². The van der Waals surface area contributed by atoms with Gasteiger partial charge in [-0.3, -0.25) is 0 Å². The SMILES string of the molecule is CC(C)(CCS(C)(=O)=O)Nc1ccc(C(F)(F)F)cn1. The molecule has 1 N–H and O–H groups in total. The van der Waals surface area contributed by atoms with Gasteiger partial charge in [-0.05, 0) is 32.4 Å². The smallest absolute Gasteiger partial charge is 0.365 e. The van der Waals surface area contributed by atoms with Crippen LogP contribution in [0.5, 0.6) is 0 Å². The first-order valence-electron chi connectivity index (χ1n) is 5.88. The van der Waals surface area contributed by atoms with E-state index in [4.69, 9.17) is 0 Å². The summed E-state index contributed by atoms with van der Waals surface area (Å²) in [4.78, 5) is 3.69. The summed E-state index contributed by atoms with van der Waals surface area (Å²) in [7, 11) is -3.08. The zero-order valence-electron chi connectivity index (χ0n) is 11.5. The lowest BCUT2D eigenvalue weighted by Crippen LogP contribution is -2.33. The maximum atomic E-state index is 12.4. The van der Waals surface area contributed by atoms with Crippen LogP contribution in [0.4, 0.5) is 19.0 Å². The van der Waals surface area contributed by atoms with Crippen molar-refractivity contribution in [1.82, 2.24) is 4.98 Å². The molecule has 0 amide bonds. The van der Waals surface area contributed by atoms with Crippen molar-refractivity contribution in [3.05, 3.63) is 23.9 Å². The van der Waals surface area contributed by atoms with E-state index < -0.39 is 27.1 Å². The van der Waals surface area contributed by atoms with Crippen molar-refractivity contribution in [2.24, 2.45) is 0 Å². The fraction of sp³-hybridized carbons (Fsp3) is 0.583. The molecule has 0 saturated heterocycles. The highest BCUT2D eigenvalue weighted by atomic mass is 32.2. The average Bonchev–Trinajstić information content (AvgIpc) is 2.25. The summed E-state index contributed by atoms with van der Waals surface area (Å²) in [5.74, 6) is 0.268. The van der Waals surface area contributed by atoms with E-state index in [9.17, 15) is 21.6 Å². The lowest BCUT2D eigenvalue weighted by Gasteiger charge is -2.26. The van der Waals surface area contributed by atoms with Gasteiger partial charge in [0.05, 0.1) is 11.3 Å². The topological polar surface area (TPSA) is 59.1 Å². The lowest BCUT2D eigenvalue weighted by atomic mass is 10.0. The van der Waals surface area contributed by atoms with Gasteiger partial charge in [-0.2, -0.15) is 13.2 Å².